The minimum atomic E-state index is -0.482. The van der Waals surface area contributed by atoms with Crippen LogP contribution in [-0.2, 0) is 11.2 Å². The van der Waals surface area contributed by atoms with Crippen molar-refractivity contribution in [3.05, 3.63) is 40.5 Å². The summed E-state index contributed by atoms with van der Waals surface area (Å²) in [6, 6.07) is 2.09. The highest BCUT2D eigenvalue weighted by atomic mass is 32.1. The first kappa shape index (κ1) is 12.5. The van der Waals surface area contributed by atoms with Crippen LogP contribution in [0.5, 0.6) is 0 Å². The fourth-order valence-electron chi connectivity index (χ4n) is 1.42. The van der Waals surface area contributed by atoms with Crippen molar-refractivity contribution in [2.24, 2.45) is 0 Å². The van der Waals surface area contributed by atoms with Crippen LogP contribution in [0.1, 0.15) is 16.1 Å². The third-order valence-electron chi connectivity index (χ3n) is 2.33. The Labute approximate surface area is 109 Å². The molecule has 0 saturated heterocycles. The molecule has 0 saturated carbocycles. The second-order valence-corrected chi connectivity index (χ2v) is 4.37. The predicted molar refractivity (Wildman–Crippen MR) is 69.9 cm³/mol. The Kier molecular flexibility index (Phi) is 4.25. The van der Waals surface area contributed by atoms with Gasteiger partial charge in [0, 0.05) is 6.54 Å². The summed E-state index contributed by atoms with van der Waals surface area (Å²) in [6.45, 7) is 0.746. The van der Waals surface area contributed by atoms with Crippen LogP contribution in [0.25, 0.3) is 0 Å². The number of rotatable bonds is 5. The third-order valence-corrected chi connectivity index (χ3v) is 3.06. The van der Waals surface area contributed by atoms with Crippen LogP contribution in [0.15, 0.2) is 29.2 Å². The normalized spacial score (nSPS) is 10.1. The second-order valence-electron chi connectivity index (χ2n) is 3.59. The molecular weight excluding hydrogens is 250 g/mol. The quantitative estimate of drug-likeness (QED) is 0.836. The van der Waals surface area contributed by atoms with Gasteiger partial charge in [-0.1, -0.05) is 0 Å². The summed E-state index contributed by atoms with van der Waals surface area (Å²) >= 11 is 1.68. The standard InChI is InChI=1S/C12H13N3O2S/c1-17-12(16)10-6-13-7-11(15-10)14-4-2-9-3-5-18-8-9/h3,5-8H,2,4H2,1H3,(H,14,15). The molecule has 0 bridgehead atoms. The molecule has 0 unspecified atom stereocenters. The van der Waals surface area contributed by atoms with Gasteiger partial charge >= 0.3 is 5.97 Å². The van der Waals surface area contributed by atoms with Crippen molar-refractivity contribution in [1.82, 2.24) is 9.97 Å². The van der Waals surface area contributed by atoms with Crippen LogP contribution in [-0.4, -0.2) is 29.6 Å². The highest BCUT2D eigenvalue weighted by Crippen LogP contribution is 2.08. The first-order valence-electron chi connectivity index (χ1n) is 5.45. The minimum Gasteiger partial charge on any atom is -0.464 e. The SMILES string of the molecule is COC(=O)c1cncc(NCCc2ccsc2)n1. The van der Waals surface area contributed by atoms with E-state index in [1.807, 2.05) is 5.38 Å². The number of carbonyl (C=O) groups excluding carboxylic acids is 1. The van der Waals surface area contributed by atoms with E-state index in [9.17, 15) is 4.79 Å². The summed E-state index contributed by atoms with van der Waals surface area (Å²) in [5.74, 6) is 0.0946. The van der Waals surface area contributed by atoms with E-state index >= 15 is 0 Å². The van der Waals surface area contributed by atoms with E-state index in [4.69, 9.17) is 0 Å². The summed E-state index contributed by atoms with van der Waals surface area (Å²) in [5, 5.41) is 7.28. The van der Waals surface area contributed by atoms with Crippen molar-refractivity contribution in [2.75, 3.05) is 19.0 Å². The van der Waals surface area contributed by atoms with Gasteiger partial charge in [0.2, 0.25) is 0 Å². The molecule has 0 aliphatic rings. The molecule has 0 aromatic carbocycles. The Bertz CT molecular complexity index is 514. The lowest BCUT2D eigenvalue weighted by molar-refractivity contribution is 0.0593. The van der Waals surface area contributed by atoms with Crippen molar-refractivity contribution in [1.29, 1.82) is 0 Å². The Morgan fingerprint density at radius 1 is 1.50 bits per heavy atom. The first-order valence-corrected chi connectivity index (χ1v) is 6.39. The maximum atomic E-state index is 11.3. The lowest BCUT2D eigenvalue weighted by Gasteiger charge is -2.05. The van der Waals surface area contributed by atoms with Crippen molar-refractivity contribution in [3.8, 4) is 0 Å². The zero-order valence-corrected chi connectivity index (χ0v) is 10.7. The van der Waals surface area contributed by atoms with Gasteiger partial charge in [-0.15, -0.1) is 0 Å². The molecule has 0 spiro atoms. The topological polar surface area (TPSA) is 64.1 Å². The largest absolute Gasteiger partial charge is 0.464 e. The van der Waals surface area contributed by atoms with Gasteiger partial charge in [0.1, 0.15) is 5.82 Å². The Hall–Kier alpha value is -1.95. The van der Waals surface area contributed by atoms with E-state index in [-0.39, 0.29) is 5.69 Å². The number of aromatic nitrogens is 2. The van der Waals surface area contributed by atoms with Gasteiger partial charge in [-0.05, 0) is 28.8 Å². The van der Waals surface area contributed by atoms with Gasteiger partial charge in [0.25, 0.3) is 0 Å². The molecule has 0 atom stereocenters. The number of esters is 1. The number of nitrogens with zero attached hydrogens (tertiary/aromatic N) is 2. The third kappa shape index (κ3) is 3.27. The van der Waals surface area contributed by atoms with Gasteiger partial charge in [-0.3, -0.25) is 4.98 Å². The van der Waals surface area contributed by atoms with Crippen molar-refractivity contribution >= 4 is 23.1 Å². The maximum absolute atomic E-state index is 11.3. The lowest BCUT2D eigenvalue weighted by Crippen LogP contribution is -2.10. The predicted octanol–water partition coefficient (Wildman–Crippen LogP) is 1.98. The number of thiophene rings is 1. The Balaban J connectivity index is 1.91. The van der Waals surface area contributed by atoms with Gasteiger partial charge in [0.15, 0.2) is 5.69 Å². The molecule has 2 aromatic heterocycles. The molecule has 0 aliphatic carbocycles. The van der Waals surface area contributed by atoms with Crippen LogP contribution in [0.4, 0.5) is 5.82 Å². The Morgan fingerprint density at radius 3 is 3.11 bits per heavy atom. The summed E-state index contributed by atoms with van der Waals surface area (Å²) in [4.78, 5) is 19.3. The fourth-order valence-corrected chi connectivity index (χ4v) is 2.13. The smallest absolute Gasteiger partial charge is 0.358 e. The first-order chi connectivity index (χ1) is 8.79. The van der Waals surface area contributed by atoms with E-state index in [2.05, 4.69) is 31.5 Å². The van der Waals surface area contributed by atoms with Crippen LogP contribution in [0, 0.1) is 0 Å². The number of hydrogen-bond acceptors (Lipinski definition) is 6. The molecule has 5 nitrogen and oxygen atoms in total. The molecule has 0 fully saturated rings. The number of nitrogens with one attached hydrogen (secondary N) is 1. The maximum Gasteiger partial charge on any atom is 0.358 e. The fraction of sp³-hybridized carbons (Fsp3) is 0.250. The molecule has 18 heavy (non-hydrogen) atoms. The number of carbonyl (C=O) groups is 1. The number of anilines is 1. The summed E-state index contributed by atoms with van der Waals surface area (Å²) in [5.41, 5.74) is 1.49. The summed E-state index contributed by atoms with van der Waals surface area (Å²) < 4.78 is 4.59. The van der Waals surface area contributed by atoms with E-state index in [0.29, 0.717) is 5.82 Å². The highest BCUT2D eigenvalue weighted by molar-refractivity contribution is 7.07. The summed E-state index contributed by atoms with van der Waals surface area (Å²) in [7, 11) is 1.32. The number of hydrogen-bond donors (Lipinski definition) is 1. The molecule has 2 aromatic rings. The van der Waals surface area contributed by atoms with Gasteiger partial charge < -0.3 is 10.1 Å². The highest BCUT2D eigenvalue weighted by Gasteiger charge is 2.08. The number of methoxy groups -OCH3 is 1. The monoisotopic (exact) mass is 263 g/mol. The Morgan fingerprint density at radius 2 is 2.39 bits per heavy atom. The van der Waals surface area contributed by atoms with Crippen LogP contribution < -0.4 is 5.32 Å². The zero-order valence-electron chi connectivity index (χ0n) is 9.92. The van der Waals surface area contributed by atoms with Crippen LogP contribution in [0.3, 0.4) is 0 Å². The molecule has 1 N–H and O–H groups in total. The lowest BCUT2D eigenvalue weighted by atomic mass is 10.2. The second kappa shape index (κ2) is 6.11. The average molecular weight is 263 g/mol. The van der Waals surface area contributed by atoms with Crippen LogP contribution in [0.2, 0.25) is 0 Å². The van der Waals surface area contributed by atoms with E-state index in [1.165, 1.54) is 18.9 Å². The van der Waals surface area contributed by atoms with Crippen LogP contribution >= 0.6 is 11.3 Å². The molecule has 94 valence electrons. The molecule has 6 heteroatoms. The van der Waals surface area contributed by atoms with Gasteiger partial charge in [-0.25, -0.2) is 9.78 Å². The van der Waals surface area contributed by atoms with Gasteiger partial charge in [0.05, 0.1) is 19.5 Å². The van der Waals surface area contributed by atoms with Crippen molar-refractivity contribution in [3.63, 3.8) is 0 Å². The van der Waals surface area contributed by atoms with Crippen molar-refractivity contribution < 1.29 is 9.53 Å². The van der Waals surface area contributed by atoms with E-state index < -0.39 is 5.97 Å². The van der Waals surface area contributed by atoms with Crippen molar-refractivity contribution in [2.45, 2.75) is 6.42 Å². The zero-order chi connectivity index (χ0) is 12.8. The summed E-state index contributed by atoms with van der Waals surface area (Å²) in [6.07, 6.45) is 3.88. The molecule has 0 radical (unpaired) electrons. The molecular formula is C12H13N3O2S. The van der Waals surface area contributed by atoms with E-state index in [0.717, 1.165) is 13.0 Å². The molecule has 0 amide bonds. The minimum absolute atomic E-state index is 0.207. The molecule has 2 heterocycles. The van der Waals surface area contributed by atoms with E-state index in [1.54, 1.807) is 17.5 Å². The number of ether oxygens (including phenoxy) is 1. The average Bonchev–Trinajstić information content (AvgIpc) is 2.91. The molecule has 2 rings (SSSR count). The molecule has 0 aliphatic heterocycles. The van der Waals surface area contributed by atoms with Gasteiger partial charge in [-0.2, -0.15) is 11.3 Å².